The molecule has 0 radical (unpaired) electrons. The fourth-order valence-corrected chi connectivity index (χ4v) is 2.86. The van der Waals surface area contributed by atoms with Gasteiger partial charge in [-0.15, -0.1) is 0 Å². The molecular formula is C16H21N3. The summed E-state index contributed by atoms with van der Waals surface area (Å²) in [5.74, 6) is 1.13. The van der Waals surface area contributed by atoms with Crippen LogP contribution in [0, 0.1) is 6.92 Å². The van der Waals surface area contributed by atoms with Crippen LogP contribution in [0.25, 0.3) is 10.9 Å². The Hall–Kier alpha value is -1.61. The first-order chi connectivity index (χ1) is 9.08. The molecule has 0 spiro atoms. The Kier molecular flexibility index (Phi) is 2.94. The molecule has 1 aromatic heterocycles. The van der Waals surface area contributed by atoms with E-state index < -0.39 is 0 Å². The molecule has 0 saturated carbocycles. The van der Waals surface area contributed by atoms with Gasteiger partial charge in [-0.1, -0.05) is 18.2 Å². The van der Waals surface area contributed by atoms with E-state index in [9.17, 15) is 0 Å². The molecule has 0 unspecified atom stereocenters. The van der Waals surface area contributed by atoms with Crippen LogP contribution in [0.15, 0.2) is 30.3 Å². The van der Waals surface area contributed by atoms with Gasteiger partial charge < -0.3 is 10.2 Å². The summed E-state index contributed by atoms with van der Waals surface area (Å²) in [5.41, 5.74) is 2.45. The van der Waals surface area contributed by atoms with Crippen LogP contribution in [-0.4, -0.2) is 30.2 Å². The Morgan fingerprint density at radius 2 is 2.05 bits per heavy atom. The molecule has 1 N–H and O–H groups in total. The number of nitrogens with zero attached hydrogens (tertiary/aromatic N) is 2. The highest BCUT2D eigenvalue weighted by Gasteiger charge is 2.31. The molecule has 1 aromatic carbocycles. The number of hydrogen-bond acceptors (Lipinski definition) is 3. The first-order valence-corrected chi connectivity index (χ1v) is 6.93. The number of piperazine rings is 1. The Balaban J connectivity index is 2.11. The average Bonchev–Trinajstić information content (AvgIpc) is 2.38. The van der Waals surface area contributed by atoms with Gasteiger partial charge in [0.15, 0.2) is 0 Å². The maximum Gasteiger partial charge on any atom is 0.132 e. The predicted octanol–water partition coefficient (Wildman–Crippen LogP) is 2.73. The van der Waals surface area contributed by atoms with Crippen molar-refractivity contribution in [2.24, 2.45) is 0 Å². The molecule has 1 aliphatic heterocycles. The van der Waals surface area contributed by atoms with E-state index in [1.807, 2.05) is 0 Å². The number of hydrogen-bond donors (Lipinski definition) is 1. The summed E-state index contributed by atoms with van der Waals surface area (Å²) in [6.07, 6.45) is 0. The van der Waals surface area contributed by atoms with E-state index in [1.54, 1.807) is 0 Å². The first-order valence-electron chi connectivity index (χ1n) is 6.93. The molecule has 0 atom stereocenters. The number of aryl methyl sites for hydroxylation is 1. The quantitative estimate of drug-likeness (QED) is 0.849. The van der Waals surface area contributed by atoms with Crippen molar-refractivity contribution in [2.75, 3.05) is 24.5 Å². The lowest BCUT2D eigenvalue weighted by Gasteiger charge is -2.44. The van der Waals surface area contributed by atoms with Crippen LogP contribution < -0.4 is 10.2 Å². The zero-order valence-electron chi connectivity index (χ0n) is 11.9. The highest BCUT2D eigenvalue weighted by Crippen LogP contribution is 2.29. The maximum absolute atomic E-state index is 4.89. The lowest BCUT2D eigenvalue weighted by molar-refractivity contribution is 0.377. The van der Waals surface area contributed by atoms with E-state index in [-0.39, 0.29) is 5.54 Å². The number of nitrogens with one attached hydrogen (secondary N) is 1. The molecule has 3 nitrogen and oxygen atoms in total. The number of anilines is 1. The van der Waals surface area contributed by atoms with Gasteiger partial charge >= 0.3 is 0 Å². The lowest BCUT2D eigenvalue weighted by atomic mass is 9.99. The predicted molar refractivity (Wildman–Crippen MR) is 80.8 cm³/mol. The van der Waals surface area contributed by atoms with Crippen LogP contribution in [-0.2, 0) is 0 Å². The summed E-state index contributed by atoms with van der Waals surface area (Å²) in [6.45, 7) is 9.75. The molecule has 0 bridgehead atoms. The fraction of sp³-hybridized carbons (Fsp3) is 0.438. The fourth-order valence-electron chi connectivity index (χ4n) is 2.86. The molecule has 0 aliphatic carbocycles. The number of benzene rings is 1. The normalized spacial score (nSPS) is 18.8. The van der Waals surface area contributed by atoms with Gasteiger partial charge in [0.2, 0.25) is 0 Å². The highest BCUT2D eigenvalue weighted by atomic mass is 15.3. The van der Waals surface area contributed by atoms with Gasteiger partial charge in [0.1, 0.15) is 5.82 Å². The van der Waals surface area contributed by atoms with Gasteiger partial charge in [-0.25, -0.2) is 4.98 Å². The lowest BCUT2D eigenvalue weighted by Crippen LogP contribution is -2.58. The summed E-state index contributed by atoms with van der Waals surface area (Å²) in [7, 11) is 0. The standard InChI is InChI=1S/C16H21N3/c1-12-10-13-6-4-5-7-14(13)18-15(12)19-9-8-17-11-16(19,2)3/h4-7,10,17H,8-9,11H2,1-3H3. The minimum absolute atomic E-state index is 0.110. The third-order valence-electron chi connectivity index (χ3n) is 3.94. The third-order valence-corrected chi connectivity index (χ3v) is 3.94. The van der Waals surface area contributed by atoms with Crippen LogP contribution >= 0.6 is 0 Å². The first kappa shape index (κ1) is 12.4. The van der Waals surface area contributed by atoms with Gasteiger partial charge in [0.05, 0.1) is 5.52 Å². The second-order valence-corrected chi connectivity index (χ2v) is 5.96. The Bertz CT molecular complexity index is 604. The number of fused-ring (bicyclic) bond motifs is 1. The van der Waals surface area contributed by atoms with Crippen LogP contribution in [0.2, 0.25) is 0 Å². The van der Waals surface area contributed by atoms with E-state index in [0.29, 0.717) is 0 Å². The summed E-state index contributed by atoms with van der Waals surface area (Å²) in [4.78, 5) is 7.33. The molecule has 1 fully saturated rings. The van der Waals surface area contributed by atoms with Crippen LogP contribution in [0.1, 0.15) is 19.4 Å². The number of para-hydroxylation sites is 1. The SMILES string of the molecule is Cc1cc2ccccc2nc1N1CCNCC1(C)C. The summed E-state index contributed by atoms with van der Waals surface area (Å²) >= 11 is 0. The smallest absolute Gasteiger partial charge is 0.132 e. The van der Waals surface area contributed by atoms with Crippen molar-refractivity contribution in [1.82, 2.24) is 10.3 Å². The van der Waals surface area contributed by atoms with E-state index in [2.05, 4.69) is 61.3 Å². The van der Waals surface area contributed by atoms with Crippen molar-refractivity contribution >= 4 is 16.7 Å². The Morgan fingerprint density at radius 1 is 1.26 bits per heavy atom. The van der Waals surface area contributed by atoms with Crippen molar-refractivity contribution < 1.29 is 0 Å². The van der Waals surface area contributed by atoms with Gasteiger partial charge in [-0.2, -0.15) is 0 Å². The highest BCUT2D eigenvalue weighted by molar-refractivity contribution is 5.81. The van der Waals surface area contributed by atoms with Crippen molar-refractivity contribution in [1.29, 1.82) is 0 Å². The van der Waals surface area contributed by atoms with E-state index in [0.717, 1.165) is 31.0 Å². The molecule has 0 amide bonds. The molecule has 3 rings (SSSR count). The zero-order valence-corrected chi connectivity index (χ0v) is 11.9. The zero-order chi connectivity index (χ0) is 13.5. The van der Waals surface area contributed by atoms with Crippen LogP contribution in [0.5, 0.6) is 0 Å². The molecule has 1 aliphatic rings. The van der Waals surface area contributed by atoms with Gasteiger partial charge in [-0.3, -0.25) is 0 Å². The molecule has 19 heavy (non-hydrogen) atoms. The van der Waals surface area contributed by atoms with Crippen LogP contribution in [0.4, 0.5) is 5.82 Å². The van der Waals surface area contributed by atoms with Crippen molar-refractivity contribution in [3.8, 4) is 0 Å². The van der Waals surface area contributed by atoms with Crippen LogP contribution in [0.3, 0.4) is 0 Å². The molecule has 100 valence electrons. The number of pyridine rings is 1. The molecular weight excluding hydrogens is 234 g/mol. The number of rotatable bonds is 1. The second-order valence-electron chi connectivity index (χ2n) is 5.96. The third kappa shape index (κ3) is 2.19. The maximum atomic E-state index is 4.89. The summed E-state index contributed by atoms with van der Waals surface area (Å²) in [6, 6.07) is 10.6. The van der Waals surface area contributed by atoms with E-state index >= 15 is 0 Å². The Labute approximate surface area is 114 Å². The number of aromatic nitrogens is 1. The summed E-state index contributed by atoms with van der Waals surface area (Å²) < 4.78 is 0. The minimum Gasteiger partial charge on any atom is -0.349 e. The monoisotopic (exact) mass is 255 g/mol. The molecule has 2 aromatic rings. The van der Waals surface area contributed by atoms with Crippen molar-refractivity contribution in [2.45, 2.75) is 26.3 Å². The second kappa shape index (κ2) is 4.49. The minimum atomic E-state index is 0.110. The van der Waals surface area contributed by atoms with Gasteiger partial charge in [-0.05, 0) is 38.5 Å². The van der Waals surface area contributed by atoms with E-state index in [4.69, 9.17) is 4.98 Å². The molecule has 2 heterocycles. The largest absolute Gasteiger partial charge is 0.349 e. The van der Waals surface area contributed by atoms with Gasteiger partial charge in [0, 0.05) is 30.6 Å². The molecule has 3 heteroatoms. The Morgan fingerprint density at radius 3 is 2.84 bits per heavy atom. The molecule has 1 saturated heterocycles. The van der Waals surface area contributed by atoms with Crippen molar-refractivity contribution in [3.63, 3.8) is 0 Å². The van der Waals surface area contributed by atoms with Crippen molar-refractivity contribution in [3.05, 3.63) is 35.9 Å². The average molecular weight is 255 g/mol. The topological polar surface area (TPSA) is 28.2 Å². The van der Waals surface area contributed by atoms with E-state index in [1.165, 1.54) is 10.9 Å². The van der Waals surface area contributed by atoms with Gasteiger partial charge in [0.25, 0.3) is 0 Å². The summed E-state index contributed by atoms with van der Waals surface area (Å²) in [5, 5.41) is 4.68.